The van der Waals surface area contributed by atoms with Gasteiger partial charge in [0.2, 0.25) is 5.82 Å². The molecular formula is C12H12BrN5O3. The average molecular weight is 354 g/mol. The van der Waals surface area contributed by atoms with E-state index in [-0.39, 0.29) is 13.2 Å². The molecule has 0 aliphatic carbocycles. The van der Waals surface area contributed by atoms with E-state index < -0.39 is 12.0 Å². The molecule has 21 heavy (non-hydrogen) atoms. The van der Waals surface area contributed by atoms with Gasteiger partial charge in [-0.1, -0.05) is 15.9 Å². The minimum absolute atomic E-state index is 0.189. The zero-order valence-electron chi connectivity index (χ0n) is 11.1. The van der Waals surface area contributed by atoms with Crippen LogP contribution in [-0.2, 0) is 16.1 Å². The summed E-state index contributed by atoms with van der Waals surface area (Å²) in [5.74, 6) is -0.181. The maximum absolute atomic E-state index is 11.5. The van der Waals surface area contributed by atoms with Crippen molar-refractivity contribution >= 4 is 27.9 Å². The molecule has 1 aromatic heterocycles. The maximum Gasteiger partial charge on any atom is 0.413 e. The number of halogens is 1. The summed E-state index contributed by atoms with van der Waals surface area (Å²) < 4.78 is 5.53. The zero-order valence-corrected chi connectivity index (χ0v) is 12.7. The molecule has 0 atom stereocenters. The molecule has 110 valence electrons. The molecular weight excluding hydrogens is 342 g/mol. The molecule has 0 aliphatic heterocycles. The van der Waals surface area contributed by atoms with E-state index in [0.717, 1.165) is 14.8 Å². The van der Waals surface area contributed by atoms with Crippen molar-refractivity contribution in [3.63, 3.8) is 0 Å². The maximum atomic E-state index is 11.5. The first kappa shape index (κ1) is 15.1. The van der Waals surface area contributed by atoms with Crippen LogP contribution in [0.4, 0.5) is 4.79 Å². The van der Waals surface area contributed by atoms with Crippen LogP contribution in [-0.4, -0.2) is 38.8 Å². The number of hydrogen-bond acceptors (Lipinski definition) is 6. The summed E-state index contributed by atoms with van der Waals surface area (Å²) in [4.78, 5) is 23.7. The van der Waals surface area contributed by atoms with Crippen LogP contribution in [0.2, 0.25) is 0 Å². The molecule has 1 heterocycles. The Bertz CT molecular complexity index is 641. The van der Waals surface area contributed by atoms with Crippen molar-refractivity contribution in [2.24, 2.45) is 0 Å². The molecule has 1 N–H and O–H groups in total. The van der Waals surface area contributed by atoms with Gasteiger partial charge >= 0.3 is 6.09 Å². The van der Waals surface area contributed by atoms with E-state index in [9.17, 15) is 9.59 Å². The van der Waals surface area contributed by atoms with Crippen molar-refractivity contribution in [1.29, 1.82) is 0 Å². The van der Waals surface area contributed by atoms with Crippen LogP contribution >= 0.6 is 15.9 Å². The number of tetrazole rings is 1. The highest BCUT2D eigenvalue weighted by molar-refractivity contribution is 9.10. The topological polar surface area (TPSA) is 99.0 Å². The molecule has 0 spiro atoms. The van der Waals surface area contributed by atoms with Crippen LogP contribution in [0.25, 0.3) is 11.4 Å². The smallest absolute Gasteiger partial charge is 0.413 e. The molecule has 8 nitrogen and oxygen atoms in total. The quantitative estimate of drug-likeness (QED) is 0.891. The van der Waals surface area contributed by atoms with E-state index >= 15 is 0 Å². The van der Waals surface area contributed by atoms with Gasteiger partial charge in [0, 0.05) is 10.0 Å². The number of carbonyl (C=O) groups is 2. The van der Waals surface area contributed by atoms with Crippen LogP contribution in [0.1, 0.15) is 6.92 Å². The molecule has 2 aromatic rings. The summed E-state index contributed by atoms with van der Waals surface area (Å²) >= 11 is 3.33. The van der Waals surface area contributed by atoms with E-state index in [1.54, 1.807) is 6.92 Å². The monoisotopic (exact) mass is 353 g/mol. The van der Waals surface area contributed by atoms with Crippen molar-refractivity contribution in [1.82, 2.24) is 25.5 Å². The number of aromatic nitrogens is 4. The van der Waals surface area contributed by atoms with Crippen molar-refractivity contribution in [3.05, 3.63) is 28.7 Å². The molecule has 0 saturated carbocycles. The number of alkyl carbamates (subject to hydrolysis) is 1. The Balaban J connectivity index is 1.98. The number of hydrogen-bond donors (Lipinski definition) is 1. The highest BCUT2D eigenvalue weighted by atomic mass is 79.9. The van der Waals surface area contributed by atoms with Gasteiger partial charge in [0.25, 0.3) is 5.91 Å². The van der Waals surface area contributed by atoms with Crippen molar-refractivity contribution in [3.8, 4) is 11.4 Å². The van der Waals surface area contributed by atoms with Crippen LogP contribution in [0, 0.1) is 0 Å². The summed E-state index contributed by atoms with van der Waals surface area (Å²) in [6.45, 7) is 1.62. The van der Waals surface area contributed by atoms with E-state index in [1.165, 1.54) is 0 Å². The van der Waals surface area contributed by atoms with E-state index in [2.05, 4.69) is 41.4 Å². The van der Waals surface area contributed by atoms with Gasteiger partial charge in [-0.25, -0.2) is 4.79 Å². The fraction of sp³-hybridized carbons (Fsp3) is 0.250. The largest absolute Gasteiger partial charge is 0.450 e. The third kappa shape index (κ3) is 4.35. The fourth-order valence-electron chi connectivity index (χ4n) is 1.47. The molecule has 9 heteroatoms. The van der Waals surface area contributed by atoms with Gasteiger partial charge in [-0.2, -0.15) is 4.80 Å². The third-order valence-corrected chi connectivity index (χ3v) is 2.89. The highest BCUT2D eigenvalue weighted by Gasteiger charge is 2.12. The lowest BCUT2D eigenvalue weighted by Gasteiger charge is -2.02. The van der Waals surface area contributed by atoms with Gasteiger partial charge < -0.3 is 4.74 Å². The highest BCUT2D eigenvalue weighted by Crippen LogP contribution is 2.17. The molecule has 0 saturated heterocycles. The Labute approximate surface area is 128 Å². The van der Waals surface area contributed by atoms with Crippen LogP contribution < -0.4 is 5.32 Å². The summed E-state index contributed by atoms with van der Waals surface area (Å²) in [5.41, 5.74) is 0.773. The molecule has 0 radical (unpaired) electrons. The summed E-state index contributed by atoms with van der Waals surface area (Å²) in [6.07, 6.45) is -0.796. The Morgan fingerprint density at radius 3 is 2.71 bits per heavy atom. The molecule has 0 bridgehead atoms. The number of ether oxygens (including phenoxy) is 1. The summed E-state index contributed by atoms with van der Waals surface area (Å²) in [5, 5.41) is 13.7. The Hall–Kier alpha value is -2.29. The zero-order chi connectivity index (χ0) is 15.2. The van der Waals surface area contributed by atoms with Gasteiger partial charge in [-0.15, -0.1) is 10.2 Å². The van der Waals surface area contributed by atoms with E-state index in [0.29, 0.717) is 5.82 Å². The minimum atomic E-state index is -0.796. The summed E-state index contributed by atoms with van der Waals surface area (Å²) in [7, 11) is 0. The second-order valence-corrected chi connectivity index (χ2v) is 4.83. The molecule has 1 aromatic carbocycles. The summed E-state index contributed by atoms with van der Waals surface area (Å²) in [6, 6.07) is 7.35. The van der Waals surface area contributed by atoms with Gasteiger partial charge in [-0.05, 0) is 36.4 Å². The van der Waals surface area contributed by atoms with Gasteiger partial charge in [0.15, 0.2) is 0 Å². The lowest BCUT2D eigenvalue weighted by molar-refractivity contribution is -0.121. The number of amides is 2. The molecule has 0 unspecified atom stereocenters. The second-order valence-electron chi connectivity index (χ2n) is 3.92. The standard InChI is InChI=1S/C12H12BrN5O3/c1-2-21-12(20)14-10(19)7-18-16-11(15-17-18)8-3-5-9(13)6-4-8/h3-6H,2,7H2,1H3,(H,14,19,20). The van der Waals surface area contributed by atoms with E-state index in [1.807, 2.05) is 24.3 Å². The second kappa shape index (κ2) is 6.93. The minimum Gasteiger partial charge on any atom is -0.450 e. The third-order valence-electron chi connectivity index (χ3n) is 2.36. The first-order valence-corrected chi connectivity index (χ1v) is 6.88. The van der Waals surface area contributed by atoms with Crippen LogP contribution in [0.3, 0.4) is 0 Å². The number of rotatable bonds is 4. The Morgan fingerprint density at radius 2 is 2.05 bits per heavy atom. The molecule has 2 rings (SSSR count). The number of imide groups is 1. The van der Waals surface area contributed by atoms with Crippen LogP contribution in [0.5, 0.6) is 0 Å². The van der Waals surface area contributed by atoms with Gasteiger partial charge in [0.1, 0.15) is 6.54 Å². The SMILES string of the molecule is CCOC(=O)NC(=O)Cn1nnc(-c2ccc(Br)cc2)n1. The van der Waals surface area contributed by atoms with Crippen molar-refractivity contribution in [2.45, 2.75) is 13.5 Å². The molecule has 0 fully saturated rings. The number of nitrogens with zero attached hydrogens (tertiary/aromatic N) is 4. The molecule has 2 amide bonds. The van der Waals surface area contributed by atoms with Gasteiger partial charge in [0.05, 0.1) is 6.61 Å². The average Bonchev–Trinajstić information content (AvgIpc) is 2.88. The first-order chi connectivity index (χ1) is 10.1. The fourth-order valence-corrected chi connectivity index (χ4v) is 1.74. The first-order valence-electron chi connectivity index (χ1n) is 6.09. The number of carbonyl (C=O) groups excluding carboxylic acids is 2. The van der Waals surface area contributed by atoms with E-state index in [4.69, 9.17) is 0 Å². The number of benzene rings is 1. The number of nitrogens with one attached hydrogen (secondary N) is 1. The van der Waals surface area contributed by atoms with Crippen molar-refractivity contribution < 1.29 is 14.3 Å². The lowest BCUT2D eigenvalue weighted by atomic mass is 10.2. The Kier molecular flexibility index (Phi) is 4.99. The lowest BCUT2D eigenvalue weighted by Crippen LogP contribution is -2.34. The predicted octanol–water partition coefficient (Wildman–Crippen LogP) is 1.38. The Morgan fingerprint density at radius 1 is 1.33 bits per heavy atom. The molecule has 0 aliphatic rings. The predicted molar refractivity (Wildman–Crippen MR) is 76.1 cm³/mol. The van der Waals surface area contributed by atoms with Crippen molar-refractivity contribution in [2.75, 3.05) is 6.61 Å². The van der Waals surface area contributed by atoms with Crippen LogP contribution in [0.15, 0.2) is 28.7 Å². The normalized spacial score (nSPS) is 10.2. The van der Waals surface area contributed by atoms with Gasteiger partial charge in [-0.3, -0.25) is 10.1 Å².